The number of pyridine rings is 1. The molecule has 5 rings (SSSR count). The first kappa shape index (κ1) is 19.2. The van der Waals surface area contributed by atoms with E-state index in [9.17, 15) is 19.4 Å². The first-order chi connectivity index (χ1) is 14.4. The fourth-order valence-electron chi connectivity index (χ4n) is 4.89. The van der Waals surface area contributed by atoms with Crippen LogP contribution in [0, 0.1) is 12.7 Å². The van der Waals surface area contributed by atoms with E-state index in [1.165, 1.54) is 11.6 Å². The number of hydrogen-bond donors (Lipinski definition) is 2. The van der Waals surface area contributed by atoms with Crippen LogP contribution in [-0.4, -0.2) is 52.4 Å². The second kappa shape index (κ2) is 6.89. The van der Waals surface area contributed by atoms with Gasteiger partial charge in [-0.05, 0) is 60.1 Å². The van der Waals surface area contributed by atoms with E-state index in [1.54, 1.807) is 6.08 Å². The molecule has 0 spiro atoms. The number of carbonyl (C=O) groups excluding carboxylic acids is 1. The minimum atomic E-state index is -1.45. The Morgan fingerprint density at radius 1 is 1.33 bits per heavy atom. The summed E-state index contributed by atoms with van der Waals surface area (Å²) in [5.41, 5.74) is 7.01. The van der Waals surface area contributed by atoms with Gasteiger partial charge in [0.1, 0.15) is 12.4 Å². The average molecular weight is 410 g/mol. The first-order valence-electron chi connectivity index (χ1n) is 10.1. The van der Waals surface area contributed by atoms with Crippen LogP contribution in [0.15, 0.2) is 23.3 Å². The predicted octanol–water partition coefficient (Wildman–Crippen LogP) is 2.16. The third-order valence-corrected chi connectivity index (χ3v) is 6.52. The van der Waals surface area contributed by atoms with Gasteiger partial charge < -0.3 is 19.8 Å². The summed E-state index contributed by atoms with van der Waals surface area (Å²) in [6.07, 6.45) is 3.00. The number of ether oxygens (including phenoxy) is 1. The van der Waals surface area contributed by atoms with E-state index >= 15 is 0 Å². The summed E-state index contributed by atoms with van der Waals surface area (Å²) in [6.45, 7) is 2.12. The van der Waals surface area contributed by atoms with E-state index in [4.69, 9.17) is 9.72 Å². The van der Waals surface area contributed by atoms with E-state index in [1.807, 2.05) is 18.9 Å². The van der Waals surface area contributed by atoms with Crippen molar-refractivity contribution in [2.24, 2.45) is 0 Å². The van der Waals surface area contributed by atoms with Crippen molar-refractivity contribution in [3.05, 3.63) is 57.1 Å². The summed E-state index contributed by atoms with van der Waals surface area (Å²) in [5.74, 6) is -0.978. The van der Waals surface area contributed by atoms with Crippen LogP contribution in [-0.2, 0) is 28.9 Å². The monoisotopic (exact) mass is 410 g/mol. The molecule has 3 aliphatic rings. The van der Waals surface area contributed by atoms with Gasteiger partial charge in [-0.3, -0.25) is 0 Å². The normalized spacial score (nSPS) is 22.2. The molecule has 2 N–H and O–H groups in total. The van der Waals surface area contributed by atoms with Gasteiger partial charge in [-0.2, -0.15) is 0 Å². The summed E-state index contributed by atoms with van der Waals surface area (Å²) in [5, 5.41) is 21.1. The number of hydrogen-bond acceptors (Lipinski definition) is 6. The molecule has 1 unspecified atom stereocenters. The highest BCUT2D eigenvalue weighted by Crippen LogP contribution is 2.41. The van der Waals surface area contributed by atoms with Gasteiger partial charge in [0.05, 0.1) is 23.5 Å². The molecule has 1 aliphatic carbocycles. The van der Waals surface area contributed by atoms with Gasteiger partial charge in [0.2, 0.25) is 0 Å². The third-order valence-electron chi connectivity index (χ3n) is 6.52. The number of benzene rings is 1. The Hall–Kier alpha value is -2.77. The molecule has 0 fully saturated rings. The molecule has 0 saturated carbocycles. The summed E-state index contributed by atoms with van der Waals surface area (Å²) in [7, 11) is 1.92. The fourth-order valence-corrected chi connectivity index (χ4v) is 4.89. The molecule has 0 bridgehead atoms. The van der Waals surface area contributed by atoms with Crippen molar-refractivity contribution in [2.75, 3.05) is 20.3 Å². The number of rotatable bonds is 2. The zero-order valence-electron chi connectivity index (χ0n) is 17.0. The molecular weight excluding hydrogens is 387 g/mol. The van der Waals surface area contributed by atoms with Crippen molar-refractivity contribution in [2.45, 2.75) is 38.8 Å². The smallest absolute Gasteiger partial charge is 0.339 e. The van der Waals surface area contributed by atoms with E-state index < -0.39 is 12.1 Å². The standard InChI is InChI=1S/C23H23FN2O4/c1-11-13-4-3-5-14-16-8-26(2)19(21(16)25-18(20(13)14)7-17(11)24)6-15-12(9-27)10-30-23(29)22(15)28/h6-7,22,27-28H,3-5,8-10H2,1-2H3/b19-6-. The molecule has 7 heteroatoms. The van der Waals surface area contributed by atoms with E-state index in [0.717, 1.165) is 47.2 Å². The van der Waals surface area contributed by atoms with Crippen molar-refractivity contribution < 1.29 is 24.1 Å². The molecule has 0 saturated heterocycles. The highest BCUT2D eigenvalue weighted by atomic mass is 19.1. The number of aromatic nitrogens is 1. The minimum Gasteiger partial charge on any atom is -0.459 e. The Morgan fingerprint density at radius 2 is 2.10 bits per heavy atom. The molecule has 3 heterocycles. The van der Waals surface area contributed by atoms with Crippen molar-refractivity contribution in [3.63, 3.8) is 0 Å². The maximum atomic E-state index is 14.6. The van der Waals surface area contributed by atoms with Gasteiger partial charge in [-0.1, -0.05) is 0 Å². The lowest BCUT2D eigenvalue weighted by atomic mass is 9.85. The lowest BCUT2D eigenvalue weighted by molar-refractivity contribution is -0.152. The van der Waals surface area contributed by atoms with Crippen molar-refractivity contribution >= 4 is 22.6 Å². The Kier molecular flexibility index (Phi) is 4.41. The van der Waals surface area contributed by atoms with E-state index in [0.29, 0.717) is 28.8 Å². The Balaban J connectivity index is 1.75. The topological polar surface area (TPSA) is 82.9 Å². The van der Waals surface area contributed by atoms with Gasteiger partial charge in [0.25, 0.3) is 0 Å². The minimum absolute atomic E-state index is 0.0493. The maximum Gasteiger partial charge on any atom is 0.339 e. The van der Waals surface area contributed by atoms with Crippen LogP contribution in [0.5, 0.6) is 0 Å². The van der Waals surface area contributed by atoms with Crippen LogP contribution in [0.25, 0.3) is 16.6 Å². The van der Waals surface area contributed by atoms with Gasteiger partial charge in [0.15, 0.2) is 6.10 Å². The molecule has 6 nitrogen and oxygen atoms in total. The fraction of sp³-hybridized carbons (Fsp3) is 0.391. The number of carbonyl (C=O) groups is 1. The SMILES string of the molecule is Cc1c(F)cc2nc3c(c4c2c1CCC4)CN(C)/C3=C\C1=C(CO)COC(=O)C1O. The van der Waals surface area contributed by atoms with Crippen molar-refractivity contribution in [1.82, 2.24) is 9.88 Å². The molecule has 30 heavy (non-hydrogen) atoms. The number of nitrogens with zero attached hydrogens (tertiary/aromatic N) is 2. The molecule has 2 aromatic rings. The molecule has 2 aliphatic heterocycles. The number of aliphatic hydroxyl groups is 2. The van der Waals surface area contributed by atoms with Gasteiger partial charge in [-0.25, -0.2) is 14.2 Å². The maximum absolute atomic E-state index is 14.6. The highest BCUT2D eigenvalue weighted by molar-refractivity contribution is 5.92. The number of fused-ring (bicyclic) bond motifs is 2. The van der Waals surface area contributed by atoms with Crippen LogP contribution < -0.4 is 0 Å². The number of halogens is 1. The zero-order chi connectivity index (χ0) is 21.2. The molecule has 156 valence electrons. The van der Waals surface area contributed by atoms with Crippen LogP contribution in [0.3, 0.4) is 0 Å². The van der Waals surface area contributed by atoms with E-state index in [2.05, 4.69) is 0 Å². The Bertz CT molecular complexity index is 1170. The molecule has 1 atom stereocenters. The predicted molar refractivity (Wildman–Crippen MR) is 109 cm³/mol. The zero-order valence-corrected chi connectivity index (χ0v) is 17.0. The third kappa shape index (κ3) is 2.69. The Labute approximate surface area is 173 Å². The molecule has 1 aromatic heterocycles. The van der Waals surface area contributed by atoms with Gasteiger partial charge in [-0.15, -0.1) is 0 Å². The lowest BCUT2D eigenvalue weighted by Crippen LogP contribution is -2.32. The highest BCUT2D eigenvalue weighted by Gasteiger charge is 2.33. The van der Waals surface area contributed by atoms with Crippen LogP contribution in [0.1, 0.15) is 34.4 Å². The quantitative estimate of drug-likeness (QED) is 0.739. The molecule has 1 aromatic carbocycles. The number of aryl methyl sites for hydroxylation is 2. The van der Waals surface area contributed by atoms with Crippen molar-refractivity contribution in [3.8, 4) is 0 Å². The van der Waals surface area contributed by atoms with Gasteiger partial charge >= 0.3 is 5.97 Å². The largest absolute Gasteiger partial charge is 0.459 e. The van der Waals surface area contributed by atoms with Crippen LogP contribution >= 0.6 is 0 Å². The average Bonchev–Trinajstić information content (AvgIpc) is 3.05. The second-order valence-corrected chi connectivity index (χ2v) is 8.24. The first-order valence-corrected chi connectivity index (χ1v) is 10.1. The second-order valence-electron chi connectivity index (χ2n) is 8.24. The number of aliphatic hydroxyl groups excluding tert-OH is 2. The number of cyclic esters (lactones) is 1. The summed E-state index contributed by atoms with van der Waals surface area (Å²) < 4.78 is 19.5. The van der Waals surface area contributed by atoms with Gasteiger partial charge in [0, 0.05) is 30.6 Å². The van der Waals surface area contributed by atoms with Crippen molar-refractivity contribution in [1.29, 1.82) is 0 Å². The summed E-state index contributed by atoms with van der Waals surface area (Å²) >= 11 is 0. The lowest BCUT2D eigenvalue weighted by Gasteiger charge is -2.23. The molecular formula is C23H23FN2O4. The summed E-state index contributed by atoms with van der Waals surface area (Å²) in [6, 6.07) is 1.50. The van der Waals surface area contributed by atoms with Crippen LogP contribution in [0.4, 0.5) is 4.39 Å². The van der Waals surface area contributed by atoms with E-state index in [-0.39, 0.29) is 19.0 Å². The number of esters is 1. The Morgan fingerprint density at radius 3 is 2.87 bits per heavy atom. The molecule has 0 amide bonds. The summed E-state index contributed by atoms with van der Waals surface area (Å²) in [4.78, 5) is 18.7. The molecule has 0 radical (unpaired) electrons. The van der Waals surface area contributed by atoms with Crippen LogP contribution in [0.2, 0.25) is 0 Å².